The highest BCUT2D eigenvalue weighted by Gasteiger charge is 2.02. The van der Waals surface area contributed by atoms with Crippen LogP contribution in [0.5, 0.6) is 5.75 Å². The number of aryl methyl sites for hydroxylation is 2. The molecule has 5 heteroatoms. The van der Waals surface area contributed by atoms with Gasteiger partial charge in [0.2, 0.25) is 0 Å². The van der Waals surface area contributed by atoms with Gasteiger partial charge in [-0.25, -0.2) is 5.43 Å². The molecule has 0 saturated heterocycles. The third-order valence-corrected chi connectivity index (χ3v) is 3.38. The molecule has 126 valence electrons. The SMILES string of the molecule is Cc1cc(C)cc(OCC(=O)N/N=C/c2ccc(N(C)C)cc2)c1. The Labute approximate surface area is 142 Å². The van der Waals surface area contributed by atoms with Crippen LogP contribution in [0.1, 0.15) is 16.7 Å². The quantitative estimate of drug-likeness (QED) is 0.656. The first-order chi connectivity index (χ1) is 11.4. The number of ether oxygens (including phenoxy) is 1. The second-order valence-electron chi connectivity index (χ2n) is 5.89. The Kier molecular flexibility index (Phi) is 5.95. The van der Waals surface area contributed by atoms with Gasteiger partial charge in [-0.2, -0.15) is 5.10 Å². The van der Waals surface area contributed by atoms with Crippen LogP contribution >= 0.6 is 0 Å². The molecule has 0 aliphatic carbocycles. The molecule has 0 bridgehead atoms. The van der Waals surface area contributed by atoms with Crippen LogP contribution in [0, 0.1) is 13.8 Å². The highest BCUT2D eigenvalue weighted by atomic mass is 16.5. The number of carbonyl (C=O) groups excluding carboxylic acids is 1. The Bertz CT molecular complexity index is 702. The fourth-order valence-corrected chi connectivity index (χ4v) is 2.23. The Hall–Kier alpha value is -2.82. The van der Waals surface area contributed by atoms with Crippen LogP contribution in [-0.4, -0.2) is 32.8 Å². The molecule has 0 unspecified atom stereocenters. The zero-order valence-electron chi connectivity index (χ0n) is 14.5. The molecular formula is C19H23N3O2. The van der Waals surface area contributed by atoms with Crippen molar-refractivity contribution < 1.29 is 9.53 Å². The third kappa shape index (κ3) is 5.43. The van der Waals surface area contributed by atoms with Crippen LogP contribution in [0.25, 0.3) is 0 Å². The van der Waals surface area contributed by atoms with Crippen molar-refractivity contribution in [2.24, 2.45) is 5.10 Å². The maximum absolute atomic E-state index is 11.8. The zero-order chi connectivity index (χ0) is 17.5. The summed E-state index contributed by atoms with van der Waals surface area (Å²) in [4.78, 5) is 13.8. The molecule has 0 spiro atoms. The summed E-state index contributed by atoms with van der Waals surface area (Å²) < 4.78 is 5.48. The first-order valence-electron chi connectivity index (χ1n) is 7.74. The van der Waals surface area contributed by atoms with E-state index in [-0.39, 0.29) is 12.5 Å². The summed E-state index contributed by atoms with van der Waals surface area (Å²) in [7, 11) is 3.97. The monoisotopic (exact) mass is 325 g/mol. The molecule has 0 radical (unpaired) electrons. The predicted molar refractivity (Wildman–Crippen MR) is 97.9 cm³/mol. The molecule has 0 aliphatic rings. The Morgan fingerprint density at radius 2 is 1.75 bits per heavy atom. The third-order valence-electron chi connectivity index (χ3n) is 3.38. The molecular weight excluding hydrogens is 302 g/mol. The fraction of sp³-hybridized carbons (Fsp3) is 0.263. The van der Waals surface area contributed by atoms with Crippen molar-refractivity contribution in [2.45, 2.75) is 13.8 Å². The van der Waals surface area contributed by atoms with Crippen molar-refractivity contribution in [3.63, 3.8) is 0 Å². The van der Waals surface area contributed by atoms with Crippen molar-refractivity contribution in [2.75, 3.05) is 25.6 Å². The van der Waals surface area contributed by atoms with Gasteiger partial charge in [-0.1, -0.05) is 18.2 Å². The summed E-state index contributed by atoms with van der Waals surface area (Å²) in [5, 5.41) is 3.95. The van der Waals surface area contributed by atoms with Crippen molar-refractivity contribution in [3.8, 4) is 5.75 Å². The average Bonchev–Trinajstić information content (AvgIpc) is 2.52. The van der Waals surface area contributed by atoms with Gasteiger partial charge in [0.1, 0.15) is 5.75 Å². The van der Waals surface area contributed by atoms with E-state index in [1.165, 1.54) is 0 Å². The van der Waals surface area contributed by atoms with Gasteiger partial charge in [0.25, 0.3) is 5.91 Å². The number of hydrogen-bond donors (Lipinski definition) is 1. The first-order valence-corrected chi connectivity index (χ1v) is 7.74. The topological polar surface area (TPSA) is 53.9 Å². The second kappa shape index (κ2) is 8.15. The van der Waals surface area contributed by atoms with Gasteiger partial charge in [0.15, 0.2) is 6.61 Å². The molecule has 0 heterocycles. The largest absolute Gasteiger partial charge is 0.484 e. The van der Waals surface area contributed by atoms with Gasteiger partial charge >= 0.3 is 0 Å². The Morgan fingerprint density at radius 3 is 2.33 bits per heavy atom. The van der Waals surface area contributed by atoms with Crippen molar-refractivity contribution in [3.05, 3.63) is 59.2 Å². The molecule has 1 amide bonds. The smallest absolute Gasteiger partial charge is 0.277 e. The van der Waals surface area contributed by atoms with E-state index in [1.807, 2.05) is 69.2 Å². The molecule has 0 saturated carbocycles. The molecule has 0 aromatic heterocycles. The minimum Gasteiger partial charge on any atom is -0.484 e. The van der Waals surface area contributed by atoms with Gasteiger partial charge in [-0.3, -0.25) is 4.79 Å². The number of hydrazone groups is 1. The molecule has 2 aromatic rings. The number of amides is 1. The molecule has 2 aromatic carbocycles. The number of carbonyl (C=O) groups is 1. The number of nitrogens with one attached hydrogen (secondary N) is 1. The predicted octanol–water partition coefficient (Wildman–Crippen LogP) is 2.90. The number of rotatable bonds is 6. The van der Waals surface area contributed by atoms with Gasteiger partial charge in [0, 0.05) is 19.8 Å². The summed E-state index contributed by atoms with van der Waals surface area (Å²) >= 11 is 0. The molecule has 1 N–H and O–H groups in total. The van der Waals surface area contributed by atoms with Crippen molar-refractivity contribution in [1.29, 1.82) is 0 Å². The molecule has 5 nitrogen and oxygen atoms in total. The first kappa shape index (κ1) is 17.5. The number of nitrogens with zero attached hydrogens (tertiary/aromatic N) is 2. The summed E-state index contributed by atoms with van der Waals surface area (Å²) in [6.45, 7) is 3.91. The lowest BCUT2D eigenvalue weighted by Gasteiger charge is -2.11. The fourth-order valence-electron chi connectivity index (χ4n) is 2.23. The van der Waals surface area contributed by atoms with E-state index < -0.39 is 0 Å². The Balaban J connectivity index is 1.82. The molecule has 0 aliphatic heterocycles. The standard InChI is InChI=1S/C19H23N3O2/c1-14-9-15(2)11-18(10-14)24-13-19(23)21-20-12-16-5-7-17(8-6-16)22(3)4/h5-12H,13H2,1-4H3,(H,21,23)/b20-12+. The summed E-state index contributed by atoms with van der Waals surface area (Å²) in [5.41, 5.74) is 6.69. The van der Waals surface area contributed by atoms with E-state index in [2.05, 4.69) is 16.6 Å². The second-order valence-corrected chi connectivity index (χ2v) is 5.89. The van der Waals surface area contributed by atoms with E-state index in [0.29, 0.717) is 5.75 Å². The highest BCUT2D eigenvalue weighted by molar-refractivity contribution is 5.83. The van der Waals surface area contributed by atoms with Crippen LogP contribution in [0.2, 0.25) is 0 Å². The van der Waals surface area contributed by atoms with Crippen LogP contribution in [0.15, 0.2) is 47.6 Å². The van der Waals surface area contributed by atoms with Crippen LogP contribution < -0.4 is 15.1 Å². The molecule has 0 atom stereocenters. The van der Waals surface area contributed by atoms with E-state index in [0.717, 1.165) is 22.4 Å². The van der Waals surface area contributed by atoms with E-state index in [9.17, 15) is 4.79 Å². The Morgan fingerprint density at radius 1 is 1.12 bits per heavy atom. The maximum atomic E-state index is 11.8. The maximum Gasteiger partial charge on any atom is 0.277 e. The van der Waals surface area contributed by atoms with Gasteiger partial charge < -0.3 is 9.64 Å². The zero-order valence-corrected chi connectivity index (χ0v) is 14.5. The van der Waals surface area contributed by atoms with Crippen molar-refractivity contribution >= 4 is 17.8 Å². The lowest BCUT2D eigenvalue weighted by molar-refractivity contribution is -0.123. The number of anilines is 1. The van der Waals surface area contributed by atoms with E-state index in [1.54, 1.807) is 6.21 Å². The number of hydrogen-bond acceptors (Lipinski definition) is 4. The lowest BCUT2D eigenvalue weighted by Crippen LogP contribution is -2.24. The summed E-state index contributed by atoms with van der Waals surface area (Å²) in [5.74, 6) is 0.390. The van der Waals surface area contributed by atoms with Crippen LogP contribution in [-0.2, 0) is 4.79 Å². The average molecular weight is 325 g/mol. The highest BCUT2D eigenvalue weighted by Crippen LogP contribution is 2.16. The van der Waals surface area contributed by atoms with E-state index >= 15 is 0 Å². The molecule has 2 rings (SSSR count). The summed E-state index contributed by atoms with van der Waals surface area (Å²) in [6.07, 6.45) is 1.61. The van der Waals surface area contributed by atoms with Crippen molar-refractivity contribution in [1.82, 2.24) is 5.43 Å². The van der Waals surface area contributed by atoms with Crippen LogP contribution in [0.4, 0.5) is 5.69 Å². The minimum atomic E-state index is -0.296. The number of benzene rings is 2. The summed E-state index contributed by atoms with van der Waals surface area (Å²) in [6, 6.07) is 13.7. The minimum absolute atomic E-state index is 0.0696. The van der Waals surface area contributed by atoms with Gasteiger partial charge in [-0.05, 0) is 54.8 Å². The normalized spacial score (nSPS) is 10.7. The van der Waals surface area contributed by atoms with Gasteiger partial charge in [-0.15, -0.1) is 0 Å². The molecule has 0 fully saturated rings. The van der Waals surface area contributed by atoms with Gasteiger partial charge in [0.05, 0.1) is 6.21 Å². The molecule has 24 heavy (non-hydrogen) atoms. The van der Waals surface area contributed by atoms with Crippen LogP contribution in [0.3, 0.4) is 0 Å². The lowest BCUT2D eigenvalue weighted by atomic mass is 10.1. The van der Waals surface area contributed by atoms with E-state index in [4.69, 9.17) is 4.74 Å².